The average molecular weight is 528 g/mol. The van der Waals surface area contributed by atoms with Crippen molar-refractivity contribution in [2.45, 2.75) is 31.7 Å². The molecule has 0 saturated carbocycles. The predicted molar refractivity (Wildman–Crippen MR) is 131 cm³/mol. The minimum atomic E-state index is -1.42. The lowest BCUT2D eigenvalue weighted by atomic mass is 10.0. The lowest BCUT2D eigenvalue weighted by Crippen LogP contribution is -2.76. The van der Waals surface area contributed by atoms with Gasteiger partial charge in [-0.15, -0.1) is 6.58 Å². The third-order valence-electron chi connectivity index (χ3n) is 6.41. The van der Waals surface area contributed by atoms with Crippen molar-refractivity contribution < 1.29 is 33.1 Å². The standard InChI is InChI=1S/C26H27F2N5O5/c1-2-10-31-16-23(34)32-21(12-24(35)36)25(37)30(14-18-8-9-19(27)11-20(18)28)15-22(32)33(31)26(38)29-13-17-6-4-3-5-7-17/h2-9,11,21-22H,1,10,12-16H2,(H,29,38)(H,35,36)/t21-,22-/m0/s1. The van der Waals surface area contributed by atoms with E-state index < -0.39 is 54.1 Å². The molecule has 0 radical (unpaired) electrons. The lowest BCUT2D eigenvalue weighted by molar-refractivity contribution is -0.191. The number of urea groups is 1. The fourth-order valence-electron chi connectivity index (χ4n) is 4.72. The summed E-state index contributed by atoms with van der Waals surface area (Å²) in [5, 5.41) is 15.0. The van der Waals surface area contributed by atoms with Crippen LogP contribution in [0.5, 0.6) is 0 Å². The van der Waals surface area contributed by atoms with Gasteiger partial charge in [0.15, 0.2) is 0 Å². The maximum Gasteiger partial charge on any atom is 0.334 e. The maximum atomic E-state index is 14.4. The summed E-state index contributed by atoms with van der Waals surface area (Å²) in [7, 11) is 0. The Morgan fingerprint density at radius 1 is 1.13 bits per heavy atom. The van der Waals surface area contributed by atoms with Crippen LogP contribution >= 0.6 is 0 Å². The molecule has 2 aromatic rings. The number of benzene rings is 2. The van der Waals surface area contributed by atoms with Crippen molar-refractivity contribution >= 4 is 23.8 Å². The molecule has 0 bridgehead atoms. The van der Waals surface area contributed by atoms with Crippen LogP contribution in [-0.2, 0) is 27.5 Å². The normalized spacial score (nSPS) is 19.8. The van der Waals surface area contributed by atoms with E-state index in [9.17, 15) is 33.1 Å². The van der Waals surface area contributed by atoms with Crippen LogP contribution in [0.1, 0.15) is 17.5 Å². The van der Waals surface area contributed by atoms with Gasteiger partial charge >= 0.3 is 12.0 Å². The molecular formula is C26H27F2N5O5. The van der Waals surface area contributed by atoms with Crippen LogP contribution < -0.4 is 5.32 Å². The molecule has 2 saturated heterocycles. The van der Waals surface area contributed by atoms with Gasteiger partial charge in [-0.25, -0.2) is 23.6 Å². The van der Waals surface area contributed by atoms with Gasteiger partial charge in [-0.2, -0.15) is 0 Å². The number of nitrogens with one attached hydrogen (secondary N) is 1. The number of rotatable bonds is 8. The van der Waals surface area contributed by atoms with Gasteiger partial charge in [-0.05, 0) is 11.6 Å². The van der Waals surface area contributed by atoms with Crippen LogP contribution in [0.15, 0.2) is 61.2 Å². The van der Waals surface area contributed by atoms with E-state index in [2.05, 4.69) is 11.9 Å². The molecule has 12 heteroatoms. The molecule has 200 valence electrons. The third-order valence-corrected chi connectivity index (χ3v) is 6.41. The molecule has 0 aliphatic carbocycles. The number of carbonyl (C=O) groups excluding carboxylic acids is 3. The molecule has 4 rings (SSSR count). The number of carboxylic acid groups (broad SMARTS) is 1. The number of hydrogen-bond acceptors (Lipinski definition) is 5. The second-order valence-corrected chi connectivity index (χ2v) is 8.97. The number of amides is 4. The maximum absolute atomic E-state index is 14.4. The van der Waals surface area contributed by atoms with E-state index >= 15 is 0 Å². The molecule has 2 aromatic carbocycles. The first-order valence-electron chi connectivity index (χ1n) is 11.9. The van der Waals surface area contributed by atoms with E-state index in [0.29, 0.717) is 6.07 Å². The summed E-state index contributed by atoms with van der Waals surface area (Å²) in [6.45, 7) is 3.19. The van der Waals surface area contributed by atoms with E-state index in [4.69, 9.17) is 0 Å². The number of hydrogen-bond donors (Lipinski definition) is 2. The summed E-state index contributed by atoms with van der Waals surface area (Å²) in [5.41, 5.74) is 0.837. The highest BCUT2D eigenvalue weighted by molar-refractivity contribution is 5.93. The Labute approximate surface area is 217 Å². The number of piperazine rings is 1. The Morgan fingerprint density at radius 2 is 1.87 bits per heavy atom. The minimum Gasteiger partial charge on any atom is -0.481 e. The first-order chi connectivity index (χ1) is 18.2. The number of carbonyl (C=O) groups is 4. The van der Waals surface area contributed by atoms with Crippen LogP contribution in [0.4, 0.5) is 13.6 Å². The van der Waals surface area contributed by atoms with E-state index in [1.165, 1.54) is 27.1 Å². The number of carboxylic acids is 1. The van der Waals surface area contributed by atoms with E-state index in [1.807, 2.05) is 30.3 Å². The molecule has 0 unspecified atom stereocenters. The zero-order valence-electron chi connectivity index (χ0n) is 20.4. The number of fused-ring (bicyclic) bond motifs is 1. The van der Waals surface area contributed by atoms with Crippen LogP contribution in [0, 0.1) is 11.6 Å². The fourth-order valence-corrected chi connectivity index (χ4v) is 4.72. The molecule has 0 aromatic heterocycles. The topological polar surface area (TPSA) is 114 Å². The summed E-state index contributed by atoms with van der Waals surface area (Å²) >= 11 is 0. The molecule has 10 nitrogen and oxygen atoms in total. The van der Waals surface area contributed by atoms with Crippen molar-refractivity contribution in [1.29, 1.82) is 0 Å². The van der Waals surface area contributed by atoms with Crippen molar-refractivity contribution in [2.75, 3.05) is 19.6 Å². The summed E-state index contributed by atoms with van der Waals surface area (Å²) in [6.07, 6.45) is -0.267. The van der Waals surface area contributed by atoms with Crippen LogP contribution in [-0.4, -0.2) is 80.6 Å². The fraction of sp³-hybridized carbons (Fsp3) is 0.308. The molecule has 2 atom stereocenters. The van der Waals surface area contributed by atoms with Crippen LogP contribution in [0.25, 0.3) is 0 Å². The SMILES string of the molecule is C=CCN1CC(=O)N2[C@@H](CC(=O)O)C(=O)N(Cc3ccc(F)cc3F)C[C@@H]2N1C(=O)NCc1ccccc1. The second-order valence-electron chi connectivity index (χ2n) is 8.97. The zero-order valence-corrected chi connectivity index (χ0v) is 20.4. The Kier molecular flexibility index (Phi) is 8.01. The molecular weight excluding hydrogens is 500 g/mol. The summed E-state index contributed by atoms with van der Waals surface area (Å²) in [4.78, 5) is 54.0. The first kappa shape index (κ1) is 26.7. The Hall–Kier alpha value is -4.32. The number of halogens is 2. The van der Waals surface area contributed by atoms with Crippen LogP contribution in [0.2, 0.25) is 0 Å². The van der Waals surface area contributed by atoms with Crippen LogP contribution in [0.3, 0.4) is 0 Å². The summed E-state index contributed by atoms with van der Waals surface area (Å²) < 4.78 is 27.9. The van der Waals surface area contributed by atoms with Gasteiger partial charge in [0.05, 0.1) is 19.5 Å². The molecule has 0 spiro atoms. The van der Waals surface area contributed by atoms with E-state index in [1.54, 1.807) is 0 Å². The van der Waals surface area contributed by atoms with Gasteiger partial charge in [0.2, 0.25) is 11.8 Å². The first-order valence-corrected chi connectivity index (χ1v) is 11.9. The van der Waals surface area contributed by atoms with Gasteiger partial charge in [-0.1, -0.05) is 42.5 Å². The van der Waals surface area contributed by atoms with E-state index in [0.717, 1.165) is 16.5 Å². The summed E-state index contributed by atoms with van der Waals surface area (Å²) in [6, 6.07) is 10.1. The second kappa shape index (κ2) is 11.4. The van der Waals surface area contributed by atoms with Gasteiger partial charge in [-0.3, -0.25) is 14.4 Å². The van der Waals surface area contributed by atoms with Crippen molar-refractivity contribution in [1.82, 2.24) is 25.1 Å². The monoisotopic (exact) mass is 527 g/mol. The largest absolute Gasteiger partial charge is 0.481 e. The Bertz CT molecular complexity index is 1240. The van der Waals surface area contributed by atoms with Gasteiger partial charge in [0.1, 0.15) is 23.8 Å². The van der Waals surface area contributed by atoms with Gasteiger partial charge < -0.3 is 20.2 Å². The minimum absolute atomic E-state index is 0.00689. The van der Waals surface area contributed by atoms with Gasteiger partial charge in [0.25, 0.3) is 0 Å². The molecule has 38 heavy (non-hydrogen) atoms. The highest BCUT2D eigenvalue weighted by Gasteiger charge is 2.51. The predicted octanol–water partition coefficient (Wildman–Crippen LogP) is 1.93. The molecule has 4 amide bonds. The number of hydrazine groups is 1. The summed E-state index contributed by atoms with van der Waals surface area (Å²) in [5.74, 6) is -4.22. The highest BCUT2D eigenvalue weighted by Crippen LogP contribution is 2.29. The average Bonchev–Trinajstić information content (AvgIpc) is 2.87. The highest BCUT2D eigenvalue weighted by atomic mass is 19.1. The molecule has 2 N–H and O–H groups in total. The quantitative estimate of drug-likeness (QED) is 0.508. The Balaban J connectivity index is 1.68. The van der Waals surface area contributed by atoms with Crippen molar-refractivity contribution in [2.24, 2.45) is 0 Å². The molecule has 2 heterocycles. The zero-order chi connectivity index (χ0) is 27.4. The third kappa shape index (κ3) is 5.65. The van der Waals surface area contributed by atoms with Gasteiger partial charge in [0, 0.05) is 31.3 Å². The molecule has 2 fully saturated rings. The number of nitrogens with zero attached hydrogens (tertiary/aromatic N) is 4. The smallest absolute Gasteiger partial charge is 0.334 e. The van der Waals surface area contributed by atoms with Crippen molar-refractivity contribution in [3.63, 3.8) is 0 Å². The lowest BCUT2D eigenvalue weighted by Gasteiger charge is -2.54. The van der Waals surface area contributed by atoms with Crippen molar-refractivity contribution in [3.05, 3.63) is 83.9 Å². The molecule has 2 aliphatic rings. The van der Waals surface area contributed by atoms with Crippen molar-refractivity contribution in [3.8, 4) is 0 Å². The molecule has 2 aliphatic heterocycles. The number of aliphatic carboxylic acids is 1. The van der Waals surface area contributed by atoms with E-state index in [-0.39, 0.29) is 38.3 Å². The Morgan fingerprint density at radius 3 is 2.53 bits per heavy atom.